The van der Waals surface area contributed by atoms with Crippen LogP contribution in [0.15, 0.2) is 140 Å². The molecule has 0 fully saturated rings. The lowest BCUT2D eigenvalue weighted by Crippen LogP contribution is -2.58. The van der Waals surface area contributed by atoms with Crippen molar-refractivity contribution in [2.45, 2.75) is 75.4 Å². The van der Waals surface area contributed by atoms with Crippen molar-refractivity contribution in [3.8, 4) is 11.1 Å². The first kappa shape index (κ1) is 45.1. The van der Waals surface area contributed by atoms with Crippen LogP contribution in [0.4, 0.5) is 9.59 Å². The predicted molar refractivity (Wildman–Crippen MR) is 243 cm³/mol. The van der Waals surface area contributed by atoms with Gasteiger partial charge in [-0.3, -0.25) is 14.4 Å². The van der Waals surface area contributed by atoms with Crippen molar-refractivity contribution in [2.75, 3.05) is 18.9 Å². The van der Waals surface area contributed by atoms with Crippen LogP contribution in [-0.4, -0.2) is 72.4 Å². The molecule has 0 saturated carbocycles. The number of alkyl carbamates (subject to hydrolysis) is 2. The molecule has 5 aromatic carbocycles. The van der Waals surface area contributed by atoms with Crippen LogP contribution < -0.4 is 21.3 Å². The van der Waals surface area contributed by atoms with E-state index in [-0.39, 0.29) is 37.0 Å². The maximum absolute atomic E-state index is 14.0. The summed E-state index contributed by atoms with van der Waals surface area (Å²) in [6.45, 7) is 7.87. The van der Waals surface area contributed by atoms with Crippen molar-refractivity contribution in [1.29, 1.82) is 0 Å². The van der Waals surface area contributed by atoms with Gasteiger partial charge in [-0.05, 0) is 73.1 Å². The molecule has 4 amide bonds. The van der Waals surface area contributed by atoms with Gasteiger partial charge in [-0.2, -0.15) is 0 Å². The molecule has 1 aliphatic carbocycles. The fraction of sp³-hybridized carbons (Fsp3) is 0.300. The molecule has 11 nitrogen and oxygen atoms in total. The molecule has 0 saturated heterocycles. The van der Waals surface area contributed by atoms with E-state index in [0.29, 0.717) is 0 Å². The monoisotopic (exact) mass is 854 g/mol. The van der Waals surface area contributed by atoms with Gasteiger partial charge in [-0.15, -0.1) is 11.8 Å². The molecule has 0 aliphatic heterocycles. The first-order valence-electron chi connectivity index (χ1n) is 20.8. The quantitative estimate of drug-likeness (QED) is 0.0686. The Morgan fingerprint density at radius 2 is 1.05 bits per heavy atom. The Balaban J connectivity index is 1.14. The van der Waals surface area contributed by atoms with Crippen LogP contribution in [0.25, 0.3) is 11.1 Å². The van der Waals surface area contributed by atoms with E-state index in [1.807, 2.05) is 103 Å². The summed E-state index contributed by atoms with van der Waals surface area (Å²) in [6.07, 6.45) is -1.52. The van der Waals surface area contributed by atoms with E-state index in [9.17, 15) is 24.0 Å². The second kappa shape index (κ2) is 20.4. The average molecular weight is 855 g/mol. The van der Waals surface area contributed by atoms with Gasteiger partial charge in [0, 0.05) is 11.7 Å². The number of hydrogen-bond acceptors (Lipinski definition) is 8. The molecule has 0 spiro atoms. The number of hydrogen-bond donors (Lipinski definition) is 4. The zero-order chi connectivity index (χ0) is 44.3. The predicted octanol–water partition coefficient (Wildman–Crippen LogP) is 8.11. The number of carbonyl (C=O) groups excluding carboxylic acids is 5. The fourth-order valence-corrected chi connectivity index (χ4v) is 9.27. The molecular weight excluding hydrogens is 801 g/mol. The lowest BCUT2D eigenvalue weighted by molar-refractivity contribution is -0.131. The molecule has 0 bridgehead atoms. The highest BCUT2D eigenvalue weighted by Crippen LogP contribution is 2.49. The Bertz CT molecular complexity index is 2190. The second-order valence-electron chi connectivity index (χ2n) is 16.1. The number of Topliss-reactive ketones (excluding diaryl/α,β-unsaturated/α-hetero) is 1. The number of rotatable bonds is 17. The number of carbonyl (C=O) groups is 5. The second-order valence-corrected chi connectivity index (χ2v) is 17.4. The lowest BCUT2D eigenvalue weighted by atomic mass is 9.84. The molecule has 0 heterocycles. The highest BCUT2D eigenvalue weighted by Gasteiger charge is 2.39. The maximum atomic E-state index is 14.0. The Morgan fingerprint density at radius 1 is 0.597 bits per heavy atom. The molecular formula is C50H54N4O7S. The number of nitrogens with one attached hydrogen (secondary N) is 4. The smallest absolute Gasteiger partial charge is 0.408 e. The largest absolute Gasteiger partial charge is 0.449 e. The van der Waals surface area contributed by atoms with E-state index < -0.39 is 52.5 Å². The summed E-state index contributed by atoms with van der Waals surface area (Å²) in [7, 11) is 0. The summed E-state index contributed by atoms with van der Waals surface area (Å²) in [6, 6.07) is 42.7. The van der Waals surface area contributed by atoms with Gasteiger partial charge in [0.25, 0.3) is 0 Å². The Labute approximate surface area is 367 Å². The Kier molecular flexibility index (Phi) is 14.9. The summed E-state index contributed by atoms with van der Waals surface area (Å²) in [5.74, 6) is -1.56. The van der Waals surface area contributed by atoms with E-state index in [1.165, 1.54) is 18.7 Å². The summed E-state index contributed by atoms with van der Waals surface area (Å²) in [5, 5.41) is 10.7. The zero-order valence-corrected chi connectivity index (χ0v) is 36.5. The molecule has 12 heteroatoms. The van der Waals surface area contributed by atoms with Crippen molar-refractivity contribution >= 4 is 41.5 Å². The summed E-state index contributed by atoms with van der Waals surface area (Å²) < 4.78 is 10.4. The van der Waals surface area contributed by atoms with Crippen molar-refractivity contribution in [3.63, 3.8) is 0 Å². The van der Waals surface area contributed by atoms with Crippen LogP contribution >= 0.6 is 11.8 Å². The first-order valence-corrected chi connectivity index (χ1v) is 21.8. The van der Waals surface area contributed by atoms with Crippen molar-refractivity contribution in [3.05, 3.63) is 167 Å². The molecule has 3 atom stereocenters. The molecule has 6 rings (SSSR count). The van der Waals surface area contributed by atoms with E-state index in [1.54, 1.807) is 27.7 Å². The highest BCUT2D eigenvalue weighted by molar-refractivity contribution is 8.00. The van der Waals surface area contributed by atoms with Gasteiger partial charge in [0.15, 0.2) is 5.78 Å². The van der Waals surface area contributed by atoms with Crippen LogP contribution in [0.2, 0.25) is 0 Å². The van der Waals surface area contributed by atoms with Crippen LogP contribution in [0.1, 0.15) is 74.8 Å². The Hall–Kier alpha value is -6.40. The van der Waals surface area contributed by atoms with E-state index in [4.69, 9.17) is 9.47 Å². The molecule has 0 aromatic heterocycles. The fourth-order valence-electron chi connectivity index (χ4n) is 7.63. The van der Waals surface area contributed by atoms with E-state index >= 15 is 0 Å². The molecule has 4 N–H and O–H groups in total. The minimum atomic E-state index is -1.35. The van der Waals surface area contributed by atoms with Gasteiger partial charge in [0.2, 0.25) is 11.8 Å². The van der Waals surface area contributed by atoms with Crippen LogP contribution in [0.3, 0.4) is 0 Å². The number of ether oxygens (including phenoxy) is 2. The van der Waals surface area contributed by atoms with Gasteiger partial charge in [0.05, 0.1) is 17.3 Å². The van der Waals surface area contributed by atoms with Crippen LogP contribution in [0.5, 0.6) is 0 Å². The SMILES string of the molecule is CC[C@H](NC(=O)C(CNC(=O)OCC1c2ccccc2-c2ccccc21)NC(=O)OC(C)(C)C)C(=O)N[C@@H](CSC(c1ccccc1)(c1ccccc1)c1ccccc1)C(C)=O. The zero-order valence-electron chi connectivity index (χ0n) is 35.7. The Morgan fingerprint density at radius 3 is 1.52 bits per heavy atom. The topological polar surface area (TPSA) is 152 Å². The maximum Gasteiger partial charge on any atom is 0.408 e. The summed E-state index contributed by atoms with van der Waals surface area (Å²) in [4.78, 5) is 67.2. The van der Waals surface area contributed by atoms with Gasteiger partial charge in [0.1, 0.15) is 24.3 Å². The summed E-state index contributed by atoms with van der Waals surface area (Å²) in [5.41, 5.74) is 6.39. The third kappa shape index (κ3) is 10.9. The van der Waals surface area contributed by atoms with Crippen molar-refractivity contribution < 1.29 is 33.4 Å². The van der Waals surface area contributed by atoms with Crippen molar-refractivity contribution in [2.24, 2.45) is 0 Å². The number of ketones is 1. The van der Waals surface area contributed by atoms with E-state index in [0.717, 1.165) is 38.9 Å². The van der Waals surface area contributed by atoms with Gasteiger partial charge in [-0.25, -0.2) is 9.59 Å². The van der Waals surface area contributed by atoms with Crippen LogP contribution in [-0.2, 0) is 28.6 Å². The van der Waals surface area contributed by atoms with Crippen LogP contribution in [0, 0.1) is 0 Å². The number of amides is 4. The van der Waals surface area contributed by atoms with Gasteiger partial charge < -0.3 is 30.7 Å². The molecule has 62 heavy (non-hydrogen) atoms. The van der Waals surface area contributed by atoms with Crippen molar-refractivity contribution in [1.82, 2.24) is 21.3 Å². The molecule has 322 valence electrons. The summed E-state index contributed by atoms with van der Waals surface area (Å²) >= 11 is 1.53. The lowest BCUT2D eigenvalue weighted by Gasteiger charge is -2.36. The highest BCUT2D eigenvalue weighted by atomic mass is 32.2. The minimum Gasteiger partial charge on any atom is -0.449 e. The molecule has 0 radical (unpaired) electrons. The number of fused-ring (bicyclic) bond motifs is 3. The average Bonchev–Trinajstić information content (AvgIpc) is 3.59. The number of benzene rings is 5. The van der Waals surface area contributed by atoms with Gasteiger partial charge in [-0.1, -0.05) is 146 Å². The minimum absolute atomic E-state index is 0.0487. The molecule has 5 aromatic rings. The third-order valence-electron chi connectivity index (χ3n) is 10.7. The molecule has 1 aliphatic rings. The number of thioether (sulfide) groups is 1. The third-order valence-corrected chi connectivity index (χ3v) is 12.3. The normalized spacial score (nSPS) is 13.6. The molecule has 1 unspecified atom stereocenters. The van der Waals surface area contributed by atoms with Gasteiger partial charge >= 0.3 is 12.2 Å². The van der Waals surface area contributed by atoms with E-state index in [2.05, 4.69) is 57.7 Å². The first-order chi connectivity index (χ1) is 29.8. The standard InChI is InChI=1S/C50H54N4O7S/c1-6-42(45(56)53-44(33(2)55)32-62-50(34-20-10-7-11-21-34,35-22-12-8-13-23-35)36-24-14-9-15-25-36)52-46(57)43(54-48(59)61-49(3,4)5)30-51-47(58)60-31-41-39-28-18-16-26-37(39)38-27-17-19-29-40(38)41/h7-29,41-44H,6,30-32H2,1-5H3,(H,51,58)(H,52,57)(H,53,56)(H,54,59)/t42-,43?,44-/m0/s1.